The molecule has 3 aromatic heterocycles. The summed E-state index contributed by atoms with van der Waals surface area (Å²) in [5, 5.41) is 10.2. The first-order valence-corrected chi connectivity index (χ1v) is 7.66. The fraction of sp³-hybridized carbons (Fsp3) is 0.0556. The fourth-order valence-electron chi connectivity index (χ4n) is 2.65. The van der Waals surface area contributed by atoms with Crippen molar-refractivity contribution >= 4 is 22.6 Å². The second-order valence-electron chi connectivity index (χ2n) is 5.71. The van der Waals surface area contributed by atoms with Crippen LogP contribution in [0.3, 0.4) is 0 Å². The number of aromatic nitrogens is 4. The van der Waals surface area contributed by atoms with Crippen LogP contribution < -0.4 is 5.32 Å². The topological polar surface area (TPSA) is 86.5 Å². The van der Waals surface area contributed by atoms with Crippen molar-refractivity contribution in [3.8, 4) is 11.3 Å². The molecule has 0 unspecified atom stereocenters. The number of rotatable bonds is 3. The first-order chi connectivity index (χ1) is 12.1. The van der Waals surface area contributed by atoms with E-state index in [0.29, 0.717) is 22.6 Å². The summed E-state index contributed by atoms with van der Waals surface area (Å²) in [5.41, 5.74) is 4.16. The molecule has 0 radical (unpaired) electrons. The lowest BCUT2D eigenvalue weighted by atomic mass is 10.1. The lowest BCUT2D eigenvalue weighted by Gasteiger charge is -2.03. The van der Waals surface area contributed by atoms with Gasteiger partial charge in [-0.3, -0.25) is 9.89 Å². The van der Waals surface area contributed by atoms with Gasteiger partial charge in [-0.15, -0.1) is 0 Å². The predicted octanol–water partition coefficient (Wildman–Crippen LogP) is 3.65. The van der Waals surface area contributed by atoms with Gasteiger partial charge in [0.1, 0.15) is 11.5 Å². The lowest BCUT2D eigenvalue weighted by molar-refractivity contribution is 0.102. The smallest absolute Gasteiger partial charge is 0.259 e. The summed E-state index contributed by atoms with van der Waals surface area (Å²) < 4.78 is 13.1. The van der Waals surface area contributed by atoms with Gasteiger partial charge < -0.3 is 10.3 Å². The normalized spacial score (nSPS) is 11.0. The third-order valence-electron chi connectivity index (χ3n) is 3.96. The van der Waals surface area contributed by atoms with Gasteiger partial charge in [0.05, 0.1) is 23.6 Å². The summed E-state index contributed by atoms with van der Waals surface area (Å²) in [5.74, 6) is -0.529. The Bertz CT molecular complexity index is 1060. The second kappa shape index (κ2) is 5.86. The van der Waals surface area contributed by atoms with Crippen LogP contribution in [0.4, 0.5) is 10.1 Å². The van der Waals surface area contributed by atoms with Crippen LogP contribution in [0.1, 0.15) is 16.1 Å². The SMILES string of the molecule is Cc1[nH]ncc1C(=O)Nc1cnc2[nH]c(-c3ccc(F)cc3)cc2c1. The summed E-state index contributed by atoms with van der Waals surface area (Å²) in [6.07, 6.45) is 3.07. The van der Waals surface area contributed by atoms with Gasteiger partial charge in [0, 0.05) is 16.8 Å². The number of carbonyl (C=O) groups excluding carboxylic acids is 1. The van der Waals surface area contributed by atoms with Crippen molar-refractivity contribution in [1.29, 1.82) is 0 Å². The molecule has 6 nitrogen and oxygen atoms in total. The summed E-state index contributed by atoms with van der Waals surface area (Å²) in [4.78, 5) is 19.8. The highest BCUT2D eigenvalue weighted by atomic mass is 19.1. The summed E-state index contributed by atoms with van der Waals surface area (Å²) in [6, 6.07) is 9.96. The van der Waals surface area contributed by atoms with Crippen molar-refractivity contribution in [2.24, 2.45) is 0 Å². The number of nitrogens with one attached hydrogen (secondary N) is 3. The molecule has 0 saturated heterocycles. The first kappa shape index (κ1) is 15.1. The Hall–Kier alpha value is -3.48. The molecule has 1 amide bonds. The van der Waals surface area contributed by atoms with Crippen molar-refractivity contribution in [2.75, 3.05) is 5.32 Å². The molecular formula is C18H14FN5O. The van der Waals surface area contributed by atoms with Crippen LogP contribution >= 0.6 is 0 Å². The van der Waals surface area contributed by atoms with Crippen molar-refractivity contribution in [3.63, 3.8) is 0 Å². The average molecular weight is 335 g/mol. The number of carbonyl (C=O) groups is 1. The quantitative estimate of drug-likeness (QED) is 0.534. The number of aromatic amines is 2. The number of benzene rings is 1. The van der Waals surface area contributed by atoms with Crippen LogP contribution in [0, 0.1) is 12.7 Å². The lowest BCUT2D eigenvalue weighted by Crippen LogP contribution is -2.12. The highest BCUT2D eigenvalue weighted by Crippen LogP contribution is 2.25. The molecule has 1 aromatic carbocycles. The van der Waals surface area contributed by atoms with Gasteiger partial charge >= 0.3 is 0 Å². The Balaban J connectivity index is 1.63. The Morgan fingerprint density at radius 1 is 1.16 bits per heavy atom. The summed E-state index contributed by atoms with van der Waals surface area (Å²) in [7, 11) is 0. The number of anilines is 1. The molecule has 0 fully saturated rings. The Labute approximate surface area is 142 Å². The molecule has 4 aromatic rings. The van der Waals surface area contributed by atoms with E-state index in [1.54, 1.807) is 25.3 Å². The van der Waals surface area contributed by atoms with E-state index in [1.165, 1.54) is 18.3 Å². The molecule has 25 heavy (non-hydrogen) atoms. The second-order valence-corrected chi connectivity index (χ2v) is 5.71. The Kier molecular flexibility index (Phi) is 3.53. The van der Waals surface area contributed by atoms with Gasteiger partial charge in [0.25, 0.3) is 5.91 Å². The Morgan fingerprint density at radius 2 is 1.96 bits per heavy atom. The zero-order valence-electron chi connectivity index (χ0n) is 13.3. The van der Waals surface area contributed by atoms with Gasteiger partial charge in [-0.05, 0) is 48.9 Å². The van der Waals surface area contributed by atoms with Crippen LogP contribution in [-0.2, 0) is 0 Å². The van der Waals surface area contributed by atoms with Crippen molar-refractivity contribution in [2.45, 2.75) is 6.92 Å². The maximum atomic E-state index is 13.1. The first-order valence-electron chi connectivity index (χ1n) is 7.66. The highest BCUT2D eigenvalue weighted by molar-refractivity contribution is 6.05. The van der Waals surface area contributed by atoms with E-state index < -0.39 is 0 Å². The van der Waals surface area contributed by atoms with E-state index in [4.69, 9.17) is 0 Å². The minimum Gasteiger partial charge on any atom is -0.339 e. The molecule has 0 aliphatic heterocycles. The minimum atomic E-state index is -0.280. The van der Waals surface area contributed by atoms with E-state index in [2.05, 4.69) is 25.5 Å². The zero-order chi connectivity index (χ0) is 17.4. The van der Waals surface area contributed by atoms with Gasteiger partial charge in [0.15, 0.2) is 0 Å². The van der Waals surface area contributed by atoms with Crippen molar-refractivity contribution in [3.05, 3.63) is 65.9 Å². The number of hydrogen-bond acceptors (Lipinski definition) is 3. The monoisotopic (exact) mass is 335 g/mol. The number of pyridine rings is 1. The highest BCUT2D eigenvalue weighted by Gasteiger charge is 2.12. The third-order valence-corrected chi connectivity index (χ3v) is 3.96. The molecule has 3 N–H and O–H groups in total. The van der Waals surface area contributed by atoms with Crippen molar-refractivity contribution < 1.29 is 9.18 Å². The number of aryl methyl sites for hydroxylation is 1. The van der Waals surface area contributed by atoms with E-state index in [9.17, 15) is 9.18 Å². The van der Waals surface area contributed by atoms with E-state index in [-0.39, 0.29) is 11.7 Å². The molecule has 3 heterocycles. The van der Waals surface area contributed by atoms with Gasteiger partial charge in [-0.2, -0.15) is 5.10 Å². The summed E-state index contributed by atoms with van der Waals surface area (Å²) >= 11 is 0. The molecule has 0 atom stereocenters. The van der Waals surface area contributed by atoms with Gasteiger partial charge in [-0.25, -0.2) is 9.37 Å². The van der Waals surface area contributed by atoms with Crippen LogP contribution in [0.2, 0.25) is 0 Å². The van der Waals surface area contributed by atoms with Crippen LogP contribution in [0.15, 0.2) is 48.8 Å². The maximum Gasteiger partial charge on any atom is 0.259 e. The molecule has 124 valence electrons. The van der Waals surface area contributed by atoms with Crippen molar-refractivity contribution in [1.82, 2.24) is 20.2 Å². The minimum absolute atomic E-state index is 0.248. The number of H-pyrrole nitrogens is 2. The molecule has 0 aliphatic carbocycles. The molecule has 0 saturated carbocycles. The standard InChI is InChI=1S/C18H14FN5O/c1-10-15(9-21-24-10)18(25)22-14-6-12-7-16(23-17(12)20-8-14)11-2-4-13(19)5-3-11/h2-9H,1H3,(H,20,23)(H,21,24)(H,22,25). The van der Waals surface area contributed by atoms with Gasteiger partial charge in [-0.1, -0.05) is 0 Å². The predicted molar refractivity (Wildman–Crippen MR) is 92.8 cm³/mol. The largest absolute Gasteiger partial charge is 0.339 e. The number of hydrogen-bond donors (Lipinski definition) is 3. The maximum absolute atomic E-state index is 13.1. The fourth-order valence-corrected chi connectivity index (χ4v) is 2.65. The van der Waals surface area contributed by atoms with Crippen LogP contribution in [0.5, 0.6) is 0 Å². The molecule has 0 spiro atoms. The van der Waals surface area contributed by atoms with E-state index in [1.807, 2.05) is 12.1 Å². The van der Waals surface area contributed by atoms with Crippen LogP contribution in [0.25, 0.3) is 22.3 Å². The average Bonchev–Trinajstić information content (AvgIpc) is 3.21. The van der Waals surface area contributed by atoms with Gasteiger partial charge in [0.2, 0.25) is 0 Å². The zero-order valence-corrected chi connectivity index (χ0v) is 13.3. The van der Waals surface area contributed by atoms with E-state index >= 15 is 0 Å². The molecule has 0 aliphatic rings. The number of amides is 1. The Morgan fingerprint density at radius 3 is 2.68 bits per heavy atom. The summed E-state index contributed by atoms with van der Waals surface area (Å²) in [6.45, 7) is 1.78. The third kappa shape index (κ3) is 2.87. The molecular weight excluding hydrogens is 321 g/mol. The number of halogens is 1. The molecule has 4 rings (SSSR count). The number of fused-ring (bicyclic) bond motifs is 1. The van der Waals surface area contributed by atoms with Crippen LogP contribution in [-0.4, -0.2) is 26.1 Å². The van der Waals surface area contributed by atoms with E-state index in [0.717, 1.165) is 16.6 Å². The number of nitrogens with zero attached hydrogens (tertiary/aromatic N) is 2. The molecule has 0 bridgehead atoms. The molecule has 7 heteroatoms.